The monoisotopic (exact) mass is 418 g/mol. The summed E-state index contributed by atoms with van der Waals surface area (Å²) >= 11 is 0. The first-order valence-electron chi connectivity index (χ1n) is 11.6. The van der Waals surface area contributed by atoms with E-state index >= 15 is 0 Å². The quantitative estimate of drug-likeness (QED) is 0.342. The fourth-order valence-corrected chi connectivity index (χ4v) is 3.59. The lowest BCUT2D eigenvalue weighted by Gasteiger charge is -2.20. The van der Waals surface area contributed by atoms with Crippen molar-refractivity contribution in [1.82, 2.24) is 0 Å². The third-order valence-electron chi connectivity index (χ3n) is 5.96. The highest BCUT2D eigenvalue weighted by Crippen LogP contribution is 2.24. The number of hydrogen-bond acceptors (Lipinski definition) is 4. The highest BCUT2D eigenvalue weighted by Gasteiger charge is 2.16. The average molecular weight is 419 g/mol. The van der Waals surface area contributed by atoms with Crippen LogP contribution in [0.5, 0.6) is 0 Å². The van der Waals surface area contributed by atoms with Crippen LogP contribution in [0.1, 0.15) is 89.3 Å². The van der Waals surface area contributed by atoms with Gasteiger partial charge < -0.3 is 19.0 Å². The van der Waals surface area contributed by atoms with Crippen molar-refractivity contribution in [2.75, 3.05) is 13.2 Å². The molecule has 4 heteroatoms. The average Bonchev–Trinajstić information content (AvgIpc) is 3.36. The van der Waals surface area contributed by atoms with Gasteiger partial charge in [0.15, 0.2) is 0 Å². The molecular formula is C26H42O4. The number of furan rings is 2. The molecule has 0 unspecified atom stereocenters. The second-order valence-electron chi connectivity index (χ2n) is 10.3. The molecule has 0 atom stereocenters. The molecule has 2 heterocycles. The topological polar surface area (TPSA) is 66.7 Å². The van der Waals surface area contributed by atoms with Crippen molar-refractivity contribution in [2.45, 2.75) is 91.9 Å². The van der Waals surface area contributed by atoms with Gasteiger partial charge in [0.25, 0.3) is 0 Å². The molecule has 0 aliphatic rings. The molecule has 0 radical (unpaired) electrons. The van der Waals surface area contributed by atoms with E-state index in [2.05, 4.69) is 52.0 Å². The maximum Gasteiger partial charge on any atom is 0.104 e. The van der Waals surface area contributed by atoms with E-state index in [4.69, 9.17) is 8.83 Å². The van der Waals surface area contributed by atoms with Crippen LogP contribution in [0.15, 0.2) is 33.1 Å². The van der Waals surface area contributed by atoms with Gasteiger partial charge in [0.2, 0.25) is 0 Å². The molecule has 0 bridgehead atoms. The Morgan fingerprint density at radius 2 is 0.900 bits per heavy atom. The summed E-state index contributed by atoms with van der Waals surface area (Å²) < 4.78 is 12.0. The SMILES string of the molecule is CC(C)(CO)CCCCc1ccc(CCc2ccc(CCCCC(C)(C)CO)o2)o1. The normalized spacial score (nSPS) is 12.6. The summed E-state index contributed by atoms with van der Waals surface area (Å²) in [7, 11) is 0. The number of aliphatic hydroxyl groups excluding tert-OH is 2. The van der Waals surface area contributed by atoms with Gasteiger partial charge >= 0.3 is 0 Å². The van der Waals surface area contributed by atoms with Gasteiger partial charge in [-0.15, -0.1) is 0 Å². The van der Waals surface area contributed by atoms with Crippen LogP contribution in [-0.2, 0) is 25.7 Å². The molecule has 0 fully saturated rings. The summed E-state index contributed by atoms with van der Waals surface area (Å²) in [6.45, 7) is 8.92. The van der Waals surface area contributed by atoms with Gasteiger partial charge in [0, 0.05) is 38.9 Å². The molecule has 2 aromatic heterocycles. The van der Waals surface area contributed by atoms with Crippen LogP contribution in [0, 0.1) is 10.8 Å². The van der Waals surface area contributed by atoms with E-state index < -0.39 is 0 Å². The first kappa shape index (κ1) is 24.7. The standard InChI is InChI=1S/C26H42O4/c1-25(2,19-27)17-7-5-9-21-11-13-23(29-21)15-16-24-14-12-22(30-24)10-6-8-18-26(3,4)20-28/h11-14,27-28H,5-10,15-20H2,1-4H3. The summed E-state index contributed by atoms with van der Waals surface area (Å²) in [5.74, 6) is 4.14. The molecule has 0 aliphatic heterocycles. The smallest absolute Gasteiger partial charge is 0.104 e. The first-order valence-corrected chi connectivity index (χ1v) is 11.6. The van der Waals surface area contributed by atoms with Gasteiger partial charge in [-0.1, -0.05) is 40.5 Å². The Kier molecular flexibility index (Phi) is 9.70. The van der Waals surface area contributed by atoms with E-state index in [9.17, 15) is 10.2 Å². The Morgan fingerprint density at radius 3 is 1.23 bits per heavy atom. The van der Waals surface area contributed by atoms with Crippen LogP contribution < -0.4 is 0 Å². The number of rotatable bonds is 15. The van der Waals surface area contributed by atoms with Crippen LogP contribution in [0.4, 0.5) is 0 Å². The zero-order valence-corrected chi connectivity index (χ0v) is 19.5. The van der Waals surface area contributed by atoms with Crippen molar-refractivity contribution >= 4 is 0 Å². The summed E-state index contributed by atoms with van der Waals surface area (Å²) in [5.41, 5.74) is 0.0401. The lowest BCUT2D eigenvalue weighted by atomic mass is 9.88. The van der Waals surface area contributed by atoms with E-state index in [-0.39, 0.29) is 24.0 Å². The fourth-order valence-electron chi connectivity index (χ4n) is 3.59. The summed E-state index contributed by atoms with van der Waals surface area (Å²) in [6.07, 6.45) is 10.1. The number of unbranched alkanes of at least 4 members (excludes halogenated alkanes) is 2. The molecule has 0 spiro atoms. The zero-order valence-electron chi connectivity index (χ0n) is 19.5. The van der Waals surface area contributed by atoms with Crippen molar-refractivity contribution in [3.63, 3.8) is 0 Å². The highest BCUT2D eigenvalue weighted by atomic mass is 16.3. The largest absolute Gasteiger partial charge is 0.466 e. The number of aliphatic hydroxyl groups is 2. The van der Waals surface area contributed by atoms with Crippen LogP contribution in [0.25, 0.3) is 0 Å². The maximum atomic E-state index is 9.33. The molecule has 2 aromatic rings. The minimum Gasteiger partial charge on any atom is -0.466 e. The molecule has 2 rings (SSSR count). The molecular weight excluding hydrogens is 376 g/mol. The van der Waals surface area contributed by atoms with Gasteiger partial charge in [0.05, 0.1) is 0 Å². The van der Waals surface area contributed by atoms with Crippen molar-refractivity contribution < 1.29 is 19.0 Å². The van der Waals surface area contributed by atoms with E-state index in [0.29, 0.717) is 0 Å². The molecule has 4 nitrogen and oxygen atoms in total. The molecule has 30 heavy (non-hydrogen) atoms. The van der Waals surface area contributed by atoms with Gasteiger partial charge in [-0.05, 0) is 60.8 Å². The second kappa shape index (κ2) is 11.8. The third-order valence-corrected chi connectivity index (χ3v) is 5.96. The lowest BCUT2D eigenvalue weighted by Crippen LogP contribution is -2.16. The predicted molar refractivity (Wildman–Crippen MR) is 122 cm³/mol. The number of aryl methyl sites for hydroxylation is 4. The Bertz CT molecular complexity index is 661. The Labute approximate surface area is 182 Å². The van der Waals surface area contributed by atoms with Gasteiger partial charge in [0.1, 0.15) is 23.0 Å². The van der Waals surface area contributed by atoms with Crippen LogP contribution in [0.3, 0.4) is 0 Å². The Balaban J connectivity index is 1.65. The highest BCUT2D eigenvalue weighted by molar-refractivity contribution is 5.11. The molecule has 0 saturated heterocycles. The van der Waals surface area contributed by atoms with Crippen molar-refractivity contribution in [3.05, 3.63) is 47.3 Å². The summed E-state index contributed by atoms with van der Waals surface area (Å²) in [5, 5.41) is 18.7. The predicted octanol–water partition coefficient (Wildman–Crippen LogP) is 6.12. The van der Waals surface area contributed by atoms with Crippen LogP contribution >= 0.6 is 0 Å². The van der Waals surface area contributed by atoms with E-state index in [1.807, 2.05) is 0 Å². The minimum atomic E-state index is 0.0201. The molecule has 0 aromatic carbocycles. The lowest BCUT2D eigenvalue weighted by molar-refractivity contribution is 0.147. The minimum absolute atomic E-state index is 0.0201. The molecule has 0 saturated carbocycles. The number of hydrogen-bond donors (Lipinski definition) is 2. The maximum absolute atomic E-state index is 9.33. The van der Waals surface area contributed by atoms with Gasteiger partial charge in [-0.25, -0.2) is 0 Å². The Morgan fingerprint density at radius 1 is 0.567 bits per heavy atom. The van der Waals surface area contributed by atoms with E-state index in [0.717, 1.165) is 87.2 Å². The van der Waals surface area contributed by atoms with Crippen molar-refractivity contribution in [2.24, 2.45) is 10.8 Å². The van der Waals surface area contributed by atoms with Gasteiger partial charge in [-0.3, -0.25) is 0 Å². The fraction of sp³-hybridized carbons (Fsp3) is 0.692. The van der Waals surface area contributed by atoms with Gasteiger partial charge in [-0.2, -0.15) is 0 Å². The Hall–Kier alpha value is -1.52. The van der Waals surface area contributed by atoms with Crippen molar-refractivity contribution in [1.29, 1.82) is 0 Å². The second-order valence-corrected chi connectivity index (χ2v) is 10.3. The molecule has 2 N–H and O–H groups in total. The zero-order chi connectivity index (χ0) is 22.0. The summed E-state index contributed by atoms with van der Waals surface area (Å²) in [4.78, 5) is 0. The molecule has 170 valence electrons. The third kappa shape index (κ3) is 9.09. The van der Waals surface area contributed by atoms with E-state index in [1.54, 1.807) is 0 Å². The summed E-state index contributed by atoms with van der Waals surface area (Å²) in [6, 6.07) is 8.35. The van der Waals surface area contributed by atoms with E-state index in [1.165, 1.54) is 0 Å². The van der Waals surface area contributed by atoms with Crippen molar-refractivity contribution in [3.8, 4) is 0 Å². The first-order chi connectivity index (χ1) is 14.2. The van der Waals surface area contributed by atoms with Crippen LogP contribution in [-0.4, -0.2) is 23.4 Å². The van der Waals surface area contributed by atoms with Crippen LogP contribution in [0.2, 0.25) is 0 Å². The molecule has 0 amide bonds. The molecule has 0 aliphatic carbocycles.